The quantitative estimate of drug-likeness (QED) is 0.605. The van der Waals surface area contributed by atoms with Crippen LogP contribution in [-0.2, 0) is 6.54 Å². The lowest BCUT2D eigenvalue weighted by Crippen LogP contribution is -2.47. The minimum Gasteiger partial charge on any atom is -0.360 e. The number of thiocarbonyl (C=S) groups is 1. The SMILES string of the molecule is S=C(c1ccc(-c2ccccc2)cc1)N1CCN(Cc2ccccc2)CC1. The molecule has 0 radical (unpaired) electrons. The Labute approximate surface area is 167 Å². The zero-order valence-electron chi connectivity index (χ0n) is 15.4. The summed E-state index contributed by atoms with van der Waals surface area (Å²) in [7, 11) is 0. The van der Waals surface area contributed by atoms with Crippen molar-refractivity contribution in [3.05, 3.63) is 96.1 Å². The van der Waals surface area contributed by atoms with E-state index in [9.17, 15) is 0 Å². The van der Waals surface area contributed by atoms with Crippen molar-refractivity contribution in [3.8, 4) is 11.1 Å². The lowest BCUT2D eigenvalue weighted by atomic mass is 10.0. The average molecular weight is 373 g/mol. The van der Waals surface area contributed by atoms with Crippen LogP contribution in [0.2, 0.25) is 0 Å². The lowest BCUT2D eigenvalue weighted by molar-refractivity contribution is 0.177. The first-order valence-electron chi connectivity index (χ1n) is 9.51. The van der Waals surface area contributed by atoms with Gasteiger partial charge in [-0.3, -0.25) is 4.90 Å². The van der Waals surface area contributed by atoms with E-state index in [1.165, 1.54) is 16.7 Å². The molecule has 0 aromatic heterocycles. The molecule has 0 aliphatic carbocycles. The molecule has 1 heterocycles. The van der Waals surface area contributed by atoms with E-state index in [0.717, 1.165) is 43.3 Å². The maximum absolute atomic E-state index is 5.78. The van der Waals surface area contributed by atoms with Crippen molar-refractivity contribution in [1.29, 1.82) is 0 Å². The first kappa shape index (κ1) is 17.9. The molecule has 0 spiro atoms. The summed E-state index contributed by atoms with van der Waals surface area (Å²) in [5, 5.41) is 0. The molecule has 27 heavy (non-hydrogen) atoms. The van der Waals surface area contributed by atoms with Crippen LogP contribution in [0.1, 0.15) is 11.1 Å². The highest BCUT2D eigenvalue weighted by Crippen LogP contribution is 2.20. The molecule has 0 unspecified atom stereocenters. The summed E-state index contributed by atoms with van der Waals surface area (Å²) in [6, 6.07) is 29.8. The zero-order chi connectivity index (χ0) is 18.5. The third kappa shape index (κ3) is 4.44. The van der Waals surface area contributed by atoms with E-state index >= 15 is 0 Å². The van der Waals surface area contributed by atoms with Gasteiger partial charge in [-0.25, -0.2) is 0 Å². The minimum absolute atomic E-state index is 0.967. The predicted molar refractivity (Wildman–Crippen MR) is 117 cm³/mol. The Hall–Kier alpha value is -2.49. The topological polar surface area (TPSA) is 6.48 Å². The standard InChI is InChI=1S/C24H24N2S/c27-24(23-13-11-22(12-14-23)21-9-5-2-6-10-21)26-17-15-25(16-18-26)19-20-7-3-1-4-8-20/h1-14H,15-19H2. The zero-order valence-corrected chi connectivity index (χ0v) is 16.2. The number of benzene rings is 3. The fourth-order valence-electron chi connectivity index (χ4n) is 3.57. The molecule has 2 nitrogen and oxygen atoms in total. The minimum atomic E-state index is 0.967. The fourth-order valence-corrected chi connectivity index (χ4v) is 3.89. The van der Waals surface area contributed by atoms with Gasteiger partial charge >= 0.3 is 0 Å². The lowest BCUT2D eigenvalue weighted by Gasteiger charge is -2.36. The maximum atomic E-state index is 5.78. The Balaban J connectivity index is 1.35. The van der Waals surface area contributed by atoms with Gasteiger partial charge < -0.3 is 4.90 Å². The molecular weight excluding hydrogens is 348 g/mol. The van der Waals surface area contributed by atoms with Crippen LogP contribution in [0.15, 0.2) is 84.9 Å². The molecule has 3 aromatic carbocycles. The highest BCUT2D eigenvalue weighted by atomic mass is 32.1. The van der Waals surface area contributed by atoms with Crippen molar-refractivity contribution >= 4 is 17.2 Å². The van der Waals surface area contributed by atoms with E-state index in [4.69, 9.17) is 12.2 Å². The monoisotopic (exact) mass is 372 g/mol. The van der Waals surface area contributed by atoms with E-state index < -0.39 is 0 Å². The normalized spacial score (nSPS) is 14.9. The van der Waals surface area contributed by atoms with E-state index in [-0.39, 0.29) is 0 Å². The molecule has 136 valence electrons. The van der Waals surface area contributed by atoms with Gasteiger partial charge in [0.2, 0.25) is 0 Å². The number of rotatable bonds is 4. The summed E-state index contributed by atoms with van der Waals surface area (Å²) in [5.41, 5.74) is 4.99. The highest BCUT2D eigenvalue weighted by molar-refractivity contribution is 7.80. The van der Waals surface area contributed by atoms with E-state index in [0.29, 0.717) is 0 Å². The van der Waals surface area contributed by atoms with E-state index in [1.807, 2.05) is 6.07 Å². The fraction of sp³-hybridized carbons (Fsp3) is 0.208. The van der Waals surface area contributed by atoms with Crippen LogP contribution < -0.4 is 0 Å². The van der Waals surface area contributed by atoms with Crippen LogP contribution in [0.5, 0.6) is 0 Å². The Morgan fingerprint density at radius 2 is 1.22 bits per heavy atom. The number of piperazine rings is 1. The van der Waals surface area contributed by atoms with Gasteiger partial charge in [0.05, 0.1) is 0 Å². The van der Waals surface area contributed by atoms with Gasteiger partial charge in [0, 0.05) is 38.3 Å². The van der Waals surface area contributed by atoms with Crippen LogP contribution in [0.4, 0.5) is 0 Å². The van der Waals surface area contributed by atoms with Crippen molar-refractivity contribution in [3.63, 3.8) is 0 Å². The summed E-state index contributed by atoms with van der Waals surface area (Å²) >= 11 is 5.78. The van der Waals surface area contributed by atoms with Crippen molar-refractivity contribution in [2.24, 2.45) is 0 Å². The maximum Gasteiger partial charge on any atom is 0.109 e. The van der Waals surface area contributed by atoms with Gasteiger partial charge in [0.1, 0.15) is 4.99 Å². The molecule has 1 saturated heterocycles. The highest BCUT2D eigenvalue weighted by Gasteiger charge is 2.19. The molecule has 3 heteroatoms. The smallest absolute Gasteiger partial charge is 0.109 e. The summed E-state index contributed by atoms with van der Waals surface area (Å²) < 4.78 is 0. The van der Waals surface area contributed by atoms with Gasteiger partial charge in [-0.1, -0.05) is 97.1 Å². The molecule has 4 rings (SSSR count). The van der Waals surface area contributed by atoms with Gasteiger partial charge in [-0.2, -0.15) is 0 Å². The first-order chi connectivity index (χ1) is 13.3. The second-order valence-electron chi connectivity index (χ2n) is 7.00. The Morgan fingerprint density at radius 1 is 0.667 bits per heavy atom. The van der Waals surface area contributed by atoms with Crippen molar-refractivity contribution in [1.82, 2.24) is 9.80 Å². The first-order valence-corrected chi connectivity index (χ1v) is 9.91. The third-order valence-electron chi connectivity index (χ3n) is 5.15. The molecule has 0 N–H and O–H groups in total. The Bertz CT molecular complexity index is 867. The van der Waals surface area contributed by atoms with E-state index in [1.54, 1.807) is 0 Å². The molecule has 3 aromatic rings. The van der Waals surface area contributed by atoms with E-state index in [2.05, 4.69) is 88.7 Å². The van der Waals surface area contributed by atoms with Crippen LogP contribution in [-0.4, -0.2) is 41.0 Å². The van der Waals surface area contributed by atoms with Crippen molar-refractivity contribution < 1.29 is 0 Å². The molecule has 0 saturated carbocycles. The summed E-state index contributed by atoms with van der Waals surface area (Å²) in [6.07, 6.45) is 0. The van der Waals surface area contributed by atoms with Crippen molar-refractivity contribution in [2.75, 3.05) is 26.2 Å². The summed E-state index contributed by atoms with van der Waals surface area (Å²) in [6.45, 7) is 5.11. The second kappa shape index (κ2) is 8.47. The van der Waals surface area contributed by atoms with Crippen LogP contribution in [0.3, 0.4) is 0 Å². The van der Waals surface area contributed by atoms with Gasteiger partial charge in [0.25, 0.3) is 0 Å². The van der Waals surface area contributed by atoms with Gasteiger partial charge in [-0.05, 0) is 16.7 Å². The number of nitrogens with zero attached hydrogens (tertiary/aromatic N) is 2. The summed E-state index contributed by atoms with van der Waals surface area (Å²) in [5.74, 6) is 0. The molecule has 1 fully saturated rings. The van der Waals surface area contributed by atoms with Crippen LogP contribution >= 0.6 is 12.2 Å². The number of hydrogen-bond donors (Lipinski definition) is 0. The van der Waals surface area contributed by atoms with Gasteiger partial charge in [-0.15, -0.1) is 0 Å². The average Bonchev–Trinajstić information content (AvgIpc) is 2.75. The largest absolute Gasteiger partial charge is 0.360 e. The molecular formula is C24H24N2S. The Morgan fingerprint density at radius 3 is 1.85 bits per heavy atom. The van der Waals surface area contributed by atoms with Crippen LogP contribution in [0, 0.1) is 0 Å². The second-order valence-corrected chi connectivity index (χ2v) is 7.38. The molecule has 0 atom stereocenters. The predicted octanol–water partition coefficient (Wildman–Crippen LogP) is 4.85. The molecule has 1 aliphatic heterocycles. The van der Waals surface area contributed by atoms with Gasteiger partial charge in [0.15, 0.2) is 0 Å². The molecule has 0 amide bonds. The molecule has 0 bridgehead atoms. The summed E-state index contributed by atoms with van der Waals surface area (Å²) in [4.78, 5) is 5.82. The van der Waals surface area contributed by atoms with Crippen molar-refractivity contribution in [2.45, 2.75) is 6.54 Å². The Kier molecular flexibility index (Phi) is 5.61. The number of hydrogen-bond acceptors (Lipinski definition) is 2. The van der Waals surface area contributed by atoms with Crippen LogP contribution in [0.25, 0.3) is 11.1 Å². The third-order valence-corrected chi connectivity index (χ3v) is 5.64. The molecule has 1 aliphatic rings.